The Bertz CT molecular complexity index is 623. The van der Waals surface area contributed by atoms with Crippen LogP contribution < -0.4 is 5.32 Å². The van der Waals surface area contributed by atoms with E-state index in [1.54, 1.807) is 36.4 Å². The minimum absolute atomic E-state index is 0.0243. The van der Waals surface area contributed by atoms with E-state index in [2.05, 4.69) is 5.32 Å². The Balaban J connectivity index is 2.20. The maximum Gasteiger partial charge on any atom is 0.276 e. The van der Waals surface area contributed by atoms with Gasteiger partial charge in [-0.05, 0) is 18.2 Å². The van der Waals surface area contributed by atoms with E-state index in [-0.39, 0.29) is 11.6 Å². The number of thioether (sulfide) groups is 1. The number of amides is 1. The number of nitrogens with zero attached hydrogens (tertiary/aromatic N) is 1. The predicted molar refractivity (Wildman–Crippen MR) is 78.5 cm³/mol. The molecule has 1 aliphatic heterocycles. The summed E-state index contributed by atoms with van der Waals surface area (Å²) in [6.45, 7) is 0. The standard InChI is InChI=1S/C12H8N2O3S2/c15-11-10(19-12(18)13-11)7-3-5-8-4-1-2-6-9(8)14(16)17/h1-7H,(H,13,15,18). The molecule has 1 aromatic carbocycles. The SMILES string of the molecule is O=C1NC(=S)SC1=CC=Cc1ccccc1[N+](=O)[O-]. The first-order chi connectivity index (χ1) is 9.08. The number of para-hydroxylation sites is 1. The average Bonchev–Trinajstić information content (AvgIpc) is 2.68. The number of nitro groups is 1. The molecule has 1 fully saturated rings. The van der Waals surface area contributed by atoms with Crippen LogP contribution >= 0.6 is 24.0 Å². The first kappa shape index (κ1) is 13.4. The molecule has 96 valence electrons. The van der Waals surface area contributed by atoms with Crippen molar-refractivity contribution in [1.82, 2.24) is 5.32 Å². The van der Waals surface area contributed by atoms with E-state index in [4.69, 9.17) is 12.2 Å². The number of carbonyl (C=O) groups is 1. The van der Waals surface area contributed by atoms with Crippen LogP contribution in [0.2, 0.25) is 0 Å². The summed E-state index contributed by atoms with van der Waals surface area (Å²) in [6, 6.07) is 6.39. The summed E-state index contributed by atoms with van der Waals surface area (Å²) in [5, 5.41) is 13.3. The van der Waals surface area contributed by atoms with Gasteiger partial charge in [-0.15, -0.1) is 0 Å². The van der Waals surface area contributed by atoms with Crippen LogP contribution in [0.25, 0.3) is 6.08 Å². The van der Waals surface area contributed by atoms with E-state index in [0.29, 0.717) is 14.8 Å². The van der Waals surface area contributed by atoms with Gasteiger partial charge >= 0.3 is 0 Å². The zero-order chi connectivity index (χ0) is 13.8. The molecular weight excluding hydrogens is 284 g/mol. The molecule has 0 aromatic heterocycles. The van der Waals surface area contributed by atoms with Gasteiger partial charge in [-0.2, -0.15) is 0 Å². The largest absolute Gasteiger partial charge is 0.307 e. The van der Waals surface area contributed by atoms with Gasteiger partial charge in [0.25, 0.3) is 11.6 Å². The normalized spacial score (nSPS) is 17.2. The fourth-order valence-corrected chi connectivity index (χ4v) is 2.47. The number of nitro benzene ring substituents is 1. The summed E-state index contributed by atoms with van der Waals surface area (Å²) in [5.41, 5.74) is 0.506. The summed E-state index contributed by atoms with van der Waals surface area (Å²) in [5.74, 6) is -0.248. The Morgan fingerprint density at radius 3 is 2.74 bits per heavy atom. The zero-order valence-corrected chi connectivity index (χ0v) is 11.2. The second-order valence-electron chi connectivity index (χ2n) is 3.55. The number of thiocarbonyl (C=S) groups is 1. The molecule has 1 aromatic rings. The minimum Gasteiger partial charge on any atom is -0.307 e. The quantitative estimate of drug-likeness (QED) is 0.401. The highest BCUT2D eigenvalue weighted by Crippen LogP contribution is 2.24. The number of nitrogens with one attached hydrogen (secondary N) is 1. The van der Waals surface area contributed by atoms with Crippen LogP contribution in [0.1, 0.15) is 5.56 Å². The fraction of sp³-hybridized carbons (Fsp3) is 0. The molecule has 1 amide bonds. The van der Waals surface area contributed by atoms with Crippen LogP contribution in [0.5, 0.6) is 0 Å². The fourth-order valence-electron chi connectivity index (χ4n) is 1.47. The second kappa shape index (κ2) is 5.77. The van der Waals surface area contributed by atoms with Crippen molar-refractivity contribution in [2.24, 2.45) is 0 Å². The summed E-state index contributed by atoms with van der Waals surface area (Å²) in [6.07, 6.45) is 4.76. The maximum atomic E-state index is 11.4. The summed E-state index contributed by atoms with van der Waals surface area (Å²) in [4.78, 5) is 22.2. The van der Waals surface area contributed by atoms with Crippen molar-refractivity contribution in [3.63, 3.8) is 0 Å². The molecule has 0 spiro atoms. The summed E-state index contributed by atoms with van der Waals surface area (Å²) in [7, 11) is 0. The molecule has 0 aliphatic carbocycles. The molecule has 1 N–H and O–H groups in total. The number of hydrogen-bond donors (Lipinski definition) is 1. The van der Waals surface area contributed by atoms with Crippen molar-refractivity contribution < 1.29 is 9.72 Å². The highest BCUT2D eigenvalue weighted by atomic mass is 32.2. The van der Waals surface area contributed by atoms with E-state index in [9.17, 15) is 14.9 Å². The highest BCUT2D eigenvalue weighted by Gasteiger charge is 2.21. The number of rotatable bonds is 3. The van der Waals surface area contributed by atoms with Crippen molar-refractivity contribution in [2.45, 2.75) is 0 Å². The van der Waals surface area contributed by atoms with Gasteiger partial charge in [0.2, 0.25) is 0 Å². The van der Waals surface area contributed by atoms with Gasteiger partial charge in [0.1, 0.15) is 4.32 Å². The number of hydrogen-bond acceptors (Lipinski definition) is 5. The number of carbonyl (C=O) groups excluding carboxylic acids is 1. The van der Waals surface area contributed by atoms with Gasteiger partial charge in [-0.1, -0.05) is 42.2 Å². The van der Waals surface area contributed by atoms with Crippen molar-refractivity contribution >= 4 is 46.0 Å². The van der Waals surface area contributed by atoms with Crippen LogP contribution in [-0.4, -0.2) is 15.2 Å². The summed E-state index contributed by atoms with van der Waals surface area (Å²) >= 11 is 6.01. The number of allylic oxidation sites excluding steroid dienone is 2. The Kier molecular flexibility index (Phi) is 4.08. The third-order valence-electron chi connectivity index (χ3n) is 2.30. The Hall–Kier alpha value is -1.99. The van der Waals surface area contributed by atoms with Crippen molar-refractivity contribution in [1.29, 1.82) is 0 Å². The molecule has 0 radical (unpaired) electrons. The molecule has 0 bridgehead atoms. The molecule has 1 saturated heterocycles. The molecule has 0 atom stereocenters. The van der Waals surface area contributed by atoms with Crippen LogP contribution in [0.3, 0.4) is 0 Å². The van der Waals surface area contributed by atoms with E-state index in [0.717, 1.165) is 0 Å². The zero-order valence-electron chi connectivity index (χ0n) is 9.53. The molecular formula is C12H8N2O3S2. The Morgan fingerprint density at radius 1 is 1.37 bits per heavy atom. The van der Waals surface area contributed by atoms with Gasteiger partial charge in [0.05, 0.1) is 15.4 Å². The third kappa shape index (κ3) is 3.27. The van der Waals surface area contributed by atoms with Gasteiger partial charge in [0, 0.05) is 6.07 Å². The molecule has 5 nitrogen and oxygen atoms in total. The van der Waals surface area contributed by atoms with Crippen LogP contribution in [0.15, 0.2) is 41.3 Å². The first-order valence-corrected chi connectivity index (χ1v) is 6.45. The van der Waals surface area contributed by atoms with Crippen LogP contribution in [0.4, 0.5) is 5.69 Å². The highest BCUT2D eigenvalue weighted by molar-refractivity contribution is 8.26. The average molecular weight is 292 g/mol. The lowest BCUT2D eigenvalue weighted by atomic mass is 10.1. The maximum absolute atomic E-state index is 11.4. The molecule has 2 rings (SSSR count). The van der Waals surface area contributed by atoms with Crippen molar-refractivity contribution in [3.05, 3.63) is 57.0 Å². The van der Waals surface area contributed by atoms with E-state index in [1.165, 1.54) is 17.8 Å². The lowest BCUT2D eigenvalue weighted by Gasteiger charge is -1.95. The Morgan fingerprint density at radius 2 is 2.11 bits per heavy atom. The topological polar surface area (TPSA) is 72.2 Å². The van der Waals surface area contributed by atoms with Crippen LogP contribution in [0, 0.1) is 10.1 Å². The van der Waals surface area contributed by atoms with Gasteiger partial charge in [-0.25, -0.2) is 0 Å². The molecule has 19 heavy (non-hydrogen) atoms. The van der Waals surface area contributed by atoms with Crippen LogP contribution in [-0.2, 0) is 4.79 Å². The van der Waals surface area contributed by atoms with Gasteiger partial charge in [0.15, 0.2) is 0 Å². The monoisotopic (exact) mass is 292 g/mol. The molecule has 1 aliphatic rings. The van der Waals surface area contributed by atoms with Crippen molar-refractivity contribution in [3.8, 4) is 0 Å². The summed E-state index contributed by atoms with van der Waals surface area (Å²) < 4.78 is 0.412. The Labute approximate surface area is 118 Å². The third-order valence-corrected chi connectivity index (χ3v) is 3.48. The molecule has 0 saturated carbocycles. The molecule has 7 heteroatoms. The molecule has 1 heterocycles. The van der Waals surface area contributed by atoms with Gasteiger partial charge in [-0.3, -0.25) is 14.9 Å². The lowest BCUT2D eigenvalue weighted by Crippen LogP contribution is -2.17. The van der Waals surface area contributed by atoms with E-state index < -0.39 is 4.92 Å². The van der Waals surface area contributed by atoms with E-state index >= 15 is 0 Å². The predicted octanol–water partition coefficient (Wildman–Crippen LogP) is 2.64. The molecule has 0 unspecified atom stereocenters. The van der Waals surface area contributed by atoms with Gasteiger partial charge < -0.3 is 5.32 Å². The van der Waals surface area contributed by atoms with Crippen molar-refractivity contribution in [2.75, 3.05) is 0 Å². The van der Waals surface area contributed by atoms with E-state index in [1.807, 2.05) is 0 Å². The second-order valence-corrected chi connectivity index (χ2v) is 5.27. The lowest BCUT2D eigenvalue weighted by molar-refractivity contribution is -0.385. The minimum atomic E-state index is -0.445. The first-order valence-electron chi connectivity index (χ1n) is 5.23. The number of benzene rings is 1. The smallest absolute Gasteiger partial charge is 0.276 e.